The van der Waals surface area contributed by atoms with Crippen molar-refractivity contribution >= 4 is 28.7 Å². The number of fused-ring (bicyclic) bond motifs is 1. The number of benzene rings is 2. The van der Waals surface area contributed by atoms with E-state index in [0.29, 0.717) is 23.4 Å². The number of imidazole rings is 1. The first-order valence-corrected chi connectivity index (χ1v) is 11.8. The van der Waals surface area contributed by atoms with E-state index in [0.717, 1.165) is 16.9 Å². The van der Waals surface area contributed by atoms with E-state index in [4.69, 9.17) is 14.5 Å². The van der Waals surface area contributed by atoms with Gasteiger partial charge in [-0.3, -0.25) is 10.1 Å². The molecule has 1 aliphatic rings. The number of carbonyl (C=O) groups excluding carboxylic acids is 2. The van der Waals surface area contributed by atoms with E-state index in [2.05, 4.69) is 0 Å². The largest absolute Gasteiger partial charge is 0.466 e. The van der Waals surface area contributed by atoms with Crippen molar-refractivity contribution in [1.29, 1.82) is 0 Å². The minimum absolute atomic E-state index is 0.152. The quantitative estimate of drug-likeness (QED) is 0.263. The lowest BCUT2D eigenvalue weighted by Crippen LogP contribution is -2.36. The van der Waals surface area contributed by atoms with Gasteiger partial charge in [-0.15, -0.1) is 0 Å². The van der Waals surface area contributed by atoms with Gasteiger partial charge in [0.25, 0.3) is 5.69 Å². The Bertz CT molecular complexity index is 1430. The van der Waals surface area contributed by atoms with E-state index in [1.807, 2.05) is 40.7 Å². The number of methoxy groups -OCH3 is 2. The number of esters is 2. The number of non-ortho nitro benzene ring substituents is 1. The SMILES string of the molecule is CCc1nc2ccccc2n1CN1C(C)=C(C(=O)OC)C(c2cccc([N+](=O)[O-])c2)C(C(=O)OC)=C1C. The Balaban J connectivity index is 1.96. The Morgan fingerprint density at radius 2 is 1.62 bits per heavy atom. The Morgan fingerprint density at radius 3 is 2.19 bits per heavy atom. The Kier molecular flexibility index (Phi) is 7.10. The zero-order valence-electron chi connectivity index (χ0n) is 21.3. The lowest BCUT2D eigenvalue weighted by Gasteiger charge is -2.38. The van der Waals surface area contributed by atoms with Gasteiger partial charge in [0.2, 0.25) is 0 Å². The summed E-state index contributed by atoms with van der Waals surface area (Å²) >= 11 is 0. The van der Waals surface area contributed by atoms with Gasteiger partial charge in [-0.25, -0.2) is 14.6 Å². The fraction of sp³-hybridized carbons (Fsp3) is 0.296. The van der Waals surface area contributed by atoms with Crippen molar-refractivity contribution < 1.29 is 24.0 Å². The Labute approximate surface area is 213 Å². The maximum absolute atomic E-state index is 13.2. The first kappa shape index (κ1) is 25.6. The van der Waals surface area contributed by atoms with Crippen LogP contribution in [0.1, 0.15) is 38.1 Å². The zero-order chi connectivity index (χ0) is 26.9. The molecule has 0 spiro atoms. The molecule has 1 aliphatic heterocycles. The molecule has 4 rings (SSSR count). The molecule has 1 aromatic heterocycles. The predicted molar refractivity (Wildman–Crippen MR) is 136 cm³/mol. The van der Waals surface area contributed by atoms with Gasteiger partial charge in [-0.2, -0.15) is 0 Å². The highest BCUT2D eigenvalue weighted by Crippen LogP contribution is 2.43. The first-order valence-electron chi connectivity index (χ1n) is 11.8. The van der Waals surface area contributed by atoms with Crippen LogP contribution in [-0.2, 0) is 32.2 Å². The molecule has 10 heteroatoms. The maximum atomic E-state index is 13.2. The van der Waals surface area contributed by atoms with Crippen molar-refractivity contribution in [1.82, 2.24) is 14.5 Å². The molecule has 0 saturated heterocycles. The molecule has 0 fully saturated rings. The van der Waals surface area contributed by atoms with Crippen LogP contribution in [0.25, 0.3) is 11.0 Å². The number of carbonyl (C=O) groups is 2. The van der Waals surface area contributed by atoms with Gasteiger partial charge in [0.05, 0.1) is 47.2 Å². The van der Waals surface area contributed by atoms with Crippen LogP contribution in [-0.4, -0.2) is 45.5 Å². The van der Waals surface area contributed by atoms with E-state index in [1.54, 1.807) is 19.9 Å². The number of nitro groups is 1. The molecule has 0 saturated carbocycles. The number of nitrogens with zero attached hydrogens (tertiary/aromatic N) is 4. The molecule has 37 heavy (non-hydrogen) atoms. The first-order chi connectivity index (χ1) is 17.7. The fourth-order valence-corrected chi connectivity index (χ4v) is 4.91. The molecule has 0 N–H and O–H groups in total. The number of para-hydroxylation sites is 2. The van der Waals surface area contributed by atoms with Crippen LogP contribution in [0, 0.1) is 10.1 Å². The third-order valence-electron chi connectivity index (χ3n) is 6.72. The monoisotopic (exact) mass is 504 g/mol. The molecule has 10 nitrogen and oxygen atoms in total. The minimum atomic E-state index is -0.916. The number of aryl methyl sites for hydroxylation is 1. The molecule has 2 heterocycles. The van der Waals surface area contributed by atoms with Gasteiger partial charge in [0.15, 0.2) is 0 Å². The summed E-state index contributed by atoms with van der Waals surface area (Å²) < 4.78 is 12.3. The second-order valence-corrected chi connectivity index (χ2v) is 8.63. The molecule has 0 amide bonds. The number of ether oxygens (including phenoxy) is 2. The lowest BCUT2D eigenvalue weighted by atomic mass is 9.79. The Hall–Kier alpha value is -4.47. The van der Waals surface area contributed by atoms with E-state index < -0.39 is 22.8 Å². The highest BCUT2D eigenvalue weighted by molar-refractivity contribution is 5.99. The van der Waals surface area contributed by atoms with Crippen LogP contribution in [0.3, 0.4) is 0 Å². The average Bonchev–Trinajstić information content (AvgIpc) is 3.27. The van der Waals surface area contributed by atoms with Crippen LogP contribution in [0.4, 0.5) is 5.69 Å². The minimum Gasteiger partial charge on any atom is -0.466 e. The van der Waals surface area contributed by atoms with Crippen molar-refractivity contribution in [2.75, 3.05) is 14.2 Å². The molecule has 192 valence electrons. The number of allylic oxidation sites excluding steroid dienone is 2. The fourth-order valence-electron chi connectivity index (χ4n) is 4.91. The summed E-state index contributed by atoms with van der Waals surface area (Å²) in [5.74, 6) is -1.35. The standard InChI is InChI=1S/C27H28N4O6/c1-6-22-28-20-12-7-8-13-21(20)30(22)15-29-16(2)23(26(32)36-4)25(24(17(29)3)27(33)37-5)18-10-9-11-19(14-18)31(34)35/h7-14,25H,6,15H2,1-5H3. The summed E-state index contributed by atoms with van der Waals surface area (Å²) in [5.41, 5.74) is 3.56. The van der Waals surface area contributed by atoms with Crippen LogP contribution >= 0.6 is 0 Å². The summed E-state index contributed by atoms with van der Waals surface area (Å²) in [6.07, 6.45) is 0.679. The van der Waals surface area contributed by atoms with Gasteiger partial charge in [0.1, 0.15) is 12.5 Å². The van der Waals surface area contributed by atoms with Crippen molar-refractivity contribution in [2.45, 2.75) is 39.8 Å². The van der Waals surface area contributed by atoms with Gasteiger partial charge in [-0.05, 0) is 31.5 Å². The van der Waals surface area contributed by atoms with E-state index in [1.165, 1.54) is 32.4 Å². The highest BCUT2D eigenvalue weighted by Gasteiger charge is 2.41. The van der Waals surface area contributed by atoms with Crippen molar-refractivity contribution in [2.24, 2.45) is 0 Å². The molecular weight excluding hydrogens is 476 g/mol. The van der Waals surface area contributed by atoms with Crippen molar-refractivity contribution in [3.63, 3.8) is 0 Å². The summed E-state index contributed by atoms with van der Waals surface area (Å²) in [5, 5.41) is 11.5. The third kappa shape index (κ3) is 4.46. The second-order valence-electron chi connectivity index (χ2n) is 8.63. The van der Waals surface area contributed by atoms with Crippen LogP contribution in [0.15, 0.2) is 71.1 Å². The summed E-state index contributed by atoms with van der Waals surface area (Å²) in [6, 6.07) is 13.7. The normalized spacial score (nSPS) is 14.4. The molecule has 0 aliphatic carbocycles. The average molecular weight is 505 g/mol. The number of hydrogen-bond acceptors (Lipinski definition) is 8. The number of aromatic nitrogens is 2. The van der Waals surface area contributed by atoms with E-state index in [9.17, 15) is 19.7 Å². The van der Waals surface area contributed by atoms with Gasteiger partial charge in [-0.1, -0.05) is 31.2 Å². The van der Waals surface area contributed by atoms with E-state index >= 15 is 0 Å². The summed E-state index contributed by atoms with van der Waals surface area (Å²) in [4.78, 5) is 43.9. The molecular formula is C27H28N4O6. The Morgan fingerprint density at radius 1 is 1.00 bits per heavy atom. The number of nitro benzene ring substituents is 1. The zero-order valence-corrected chi connectivity index (χ0v) is 21.3. The molecule has 0 bridgehead atoms. The maximum Gasteiger partial charge on any atom is 0.336 e. The van der Waals surface area contributed by atoms with Gasteiger partial charge < -0.3 is 18.9 Å². The summed E-state index contributed by atoms with van der Waals surface area (Å²) in [6.45, 7) is 5.85. The predicted octanol–water partition coefficient (Wildman–Crippen LogP) is 4.46. The van der Waals surface area contributed by atoms with Crippen molar-refractivity contribution in [3.05, 3.63) is 92.6 Å². The topological polar surface area (TPSA) is 117 Å². The highest BCUT2D eigenvalue weighted by atomic mass is 16.6. The molecule has 0 radical (unpaired) electrons. The van der Waals surface area contributed by atoms with Crippen LogP contribution in [0.2, 0.25) is 0 Å². The van der Waals surface area contributed by atoms with Crippen LogP contribution in [0.5, 0.6) is 0 Å². The lowest BCUT2D eigenvalue weighted by molar-refractivity contribution is -0.384. The molecule has 2 aromatic carbocycles. The number of rotatable bonds is 7. The smallest absolute Gasteiger partial charge is 0.336 e. The molecule has 0 unspecified atom stereocenters. The van der Waals surface area contributed by atoms with Crippen molar-refractivity contribution in [3.8, 4) is 0 Å². The van der Waals surface area contributed by atoms with E-state index in [-0.39, 0.29) is 23.5 Å². The summed E-state index contributed by atoms with van der Waals surface area (Å²) in [7, 11) is 2.53. The second kappa shape index (κ2) is 10.3. The molecule has 3 aromatic rings. The van der Waals surface area contributed by atoms with Gasteiger partial charge >= 0.3 is 11.9 Å². The number of hydrogen-bond donors (Lipinski definition) is 0. The molecule has 0 atom stereocenters. The third-order valence-corrected chi connectivity index (χ3v) is 6.72. The van der Waals surface area contributed by atoms with Gasteiger partial charge in [0, 0.05) is 29.9 Å². The van der Waals surface area contributed by atoms with Crippen LogP contribution < -0.4 is 0 Å².